The molecule has 1 aromatic heterocycles. The van der Waals surface area contributed by atoms with E-state index in [0.717, 1.165) is 0 Å². The summed E-state index contributed by atoms with van der Waals surface area (Å²) in [6.07, 6.45) is 2.06. The van der Waals surface area contributed by atoms with Gasteiger partial charge in [0, 0.05) is 33.5 Å². The van der Waals surface area contributed by atoms with Crippen molar-refractivity contribution in [3.8, 4) is 28.1 Å². The summed E-state index contributed by atoms with van der Waals surface area (Å²) in [6.45, 7) is 0. The Labute approximate surface area is 167 Å². The second kappa shape index (κ2) is 7.74. The first kappa shape index (κ1) is 18.8. The van der Waals surface area contributed by atoms with Crippen LogP contribution in [0.1, 0.15) is 10.4 Å². The maximum atomic E-state index is 14.7. The molecule has 2 aromatic carbocycles. The summed E-state index contributed by atoms with van der Waals surface area (Å²) in [5, 5.41) is 0.688. The molecule has 3 aromatic rings. The van der Waals surface area contributed by atoms with E-state index in [-0.39, 0.29) is 20.9 Å². The molecule has 7 heteroatoms. The highest BCUT2D eigenvalue weighted by Gasteiger charge is 2.22. The second-order valence-electron chi connectivity index (χ2n) is 5.29. The monoisotopic (exact) mass is 453 g/mol. The number of pyridine rings is 1. The largest absolute Gasteiger partial charge is 0.480 e. The summed E-state index contributed by atoms with van der Waals surface area (Å²) in [7, 11) is 1.40. The van der Waals surface area contributed by atoms with Crippen LogP contribution in [0.5, 0.6) is 5.88 Å². The number of carbonyl (C=O) groups is 1. The van der Waals surface area contributed by atoms with Crippen molar-refractivity contribution >= 4 is 45.4 Å². The van der Waals surface area contributed by atoms with Gasteiger partial charge < -0.3 is 4.74 Å². The third-order valence-corrected chi connectivity index (χ3v) is 5.35. The van der Waals surface area contributed by atoms with Gasteiger partial charge in [0.1, 0.15) is 5.82 Å². The van der Waals surface area contributed by atoms with Gasteiger partial charge in [-0.2, -0.15) is 0 Å². The van der Waals surface area contributed by atoms with Crippen LogP contribution in [0.3, 0.4) is 0 Å². The fraction of sp³-hybridized carbons (Fsp3) is 0.0526. The van der Waals surface area contributed by atoms with Gasteiger partial charge in [0.15, 0.2) is 6.29 Å². The van der Waals surface area contributed by atoms with Crippen molar-refractivity contribution in [1.29, 1.82) is 0 Å². The molecule has 0 aliphatic carbocycles. The van der Waals surface area contributed by atoms with Gasteiger partial charge in [-0.05, 0) is 34.1 Å². The highest BCUT2D eigenvalue weighted by atomic mass is 79.9. The van der Waals surface area contributed by atoms with Crippen molar-refractivity contribution in [3.63, 3.8) is 0 Å². The third-order valence-electron chi connectivity index (χ3n) is 3.85. The van der Waals surface area contributed by atoms with Gasteiger partial charge in [0.2, 0.25) is 5.88 Å². The molecule has 132 valence electrons. The average Bonchev–Trinajstić information content (AvgIpc) is 2.65. The number of aromatic nitrogens is 1. The van der Waals surface area contributed by atoms with Crippen molar-refractivity contribution in [2.45, 2.75) is 0 Å². The summed E-state index contributed by atoms with van der Waals surface area (Å²) >= 11 is 16.1. The summed E-state index contributed by atoms with van der Waals surface area (Å²) in [4.78, 5) is 15.6. The SMILES string of the molecule is COc1nccc(-c2c(Cl)c(-c3ccccc3Cl)cc(F)c2Br)c1C=O. The number of aldehydes is 1. The molecule has 1 heterocycles. The van der Waals surface area contributed by atoms with Crippen molar-refractivity contribution in [2.24, 2.45) is 0 Å². The lowest BCUT2D eigenvalue weighted by atomic mass is 9.96. The van der Waals surface area contributed by atoms with Crippen molar-refractivity contribution in [2.75, 3.05) is 7.11 Å². The maximum absolute atomic E-state index is 14.7. The van der Waals surface area contributed by atoms with Crippen LogP contribution in [0.25, 0.3) is 22.3 Å². The van der Waals surface area contributed by atoms with Crippen LogP contribution in [-0.4, -0.2) is 18.4 Å². The van der Waals surface area contributed by atoms with Gasteiger partial charge >= 0.3 is 0 Å². The highest BCUT2D eigenvalue weighted by molar-refractivity contribution is 9.10. The molecular weight excluding hydrogens is 444 g/mol. The number of hydrogen-bond acceptors (Lipinski definition) is 3. The van der Waals surface area contributed by atoms with E-state index in [1.54, 1.807) is 30.3 Å². The first-order chi connectivity index (χ1) is 12.5. The van der Waals surface area contributed by atoms with E-state index in [1.807, 2.05) is 0 Å². The number of rotatable bonds is 4. The van der Waals surface area contributed by atoms with Crippen molar-refractivity contribution in [1.82, 2.24) is 4.98 Å². The molecule has 0 radical (unpaired) electrons. The van der Waals surface area contributed by atoms with Gasteiger partial charge in [0.25, 0.3) is 0 Å². The Kier molecular flexibility index (Phi) is 5.61. The number of hydrogen-bond donors (Lipinski definition) is 0. The van der Waals surface area contributed by atoms with E-state index in [0.29, 0.717) is 33.6 Å². The molecule has 0 aliphatic rings. The molecule has 0 saturated carbocycles. The fourth-order valence-corrected chi connectivity index (χ4v) is 3.90. The van der Waals surface area contributed by atoms with Crippen LogP contribution < -0.4 is 4.74 Å². The fourth-order valence-electron chi connectivity index (χ4n) is 2.66. The molecule has 0 spiro atoms. The predicted molar refractivity (Wildman–Crippen MR) is 105 cm³/mol. The molecule has 3 nitrogen and oxygen atoms in total. The van der Waals surface area contributed by atoms with Gasteiger partial charge in [-0.1, -0.05) is 41.4 Å². The topological polar surface area (TPSA) is 39.2 Å². The number of benzene rings is 2. The van der Waals surface area contributed by atoms with Gasteiger partial charge in [-0.3, -0.25) is 4.79 Å². The number of ether oxygens (including phenoxy) is 1. The summed E-state index contributed by atoms with van der Waals surface area (Å²) < 4.78 is 19.9. The lowest BCUT2D eigenvalue weighted by Gasteiger charge is -2.16. The molecule has 0 amide bonds. The van der Waals surface area contributed by atoms with Crippen molar-refractivity contribution in [3.05, 3.63) is 68.5 Å². The molecule has 0 N–H and O–H groups in total. The third kappa shape index (κ3) is 3.22. The van der Waals surface area contributed by atoms with E-state index in [2.05, 4.69) is 20.9 Å². The maximum Gasteiger partial charge on any atom is 0.224 e. The Morgan fingerprint density at radius 1 is 1.15 bits per heavy atom. The Bertz CT molecular complexity index is 1010. The van der Waals surface area contributed by atoms with E-state index < -0.39 is 5.82 Å². The van der Waals surface area contributed by atoms with E-state index in [4.69, 9.17) is 27.9 Å². The molecule has 3 rings (SSSR count). The van der Waals surface area contributed by atoms with Crippen LogP contribution in [0.4, 0.5) is 4.39 Å². The molecule has 0 unspecified atom stereocenters. The van der Waals surface area contributed by atoms with E-state index in [9.17, 15) is 9.18 Å². The summed E-state index contributed by atoms with van der Waals surface area (Å²) in [5.74, 6) is -0.407. The zero-order valence-electron chi connectivity index (χ0n) is 13.4. The molecule has 0 aliphatic heterocycles. The first-order valence-electron chi connectivity index (χ1n) is 7.40. The Morgan fingerprint density at radius 2 is 1.88 bits per heavy atom. The number of methoxy groups -OCH3 is 1. The lowest BCUT2D eigenvalue weighted by Crippen LogP contribution is -1.99. The smallest absolute Gasteiger partial charge is 0.224 e. The first-order valence-corrected chi connectivity index (χ1v) is 8.95. The lowest BCUT2D eigenvalue weighted by molar-refractivity contribution is 0.112. The van der Waals surface area contributed by atoms with Crippen LogP contribution in [0.2, 0.25) is 10.0 Å². The summed E-state index contributed by atoms with van der Waals surface area (Å²) in [5.41, 5.74) is 1.90. The molecular formula is C19H11BrCl2FNO2. The minimum Gasteiger partial charge on any atom is -0.480 e. The van der Waals surface area contributed by atoms with E-state index >= 15 is 0 Å². The average molecular weight is 455 g/mol. The zero-order chi connectivity index (χ0) is 18.8. The Hall–Kier alpha value is -1.95. The van der Waals surface area contributed by atoms with Gasteiger partial charge in [-0.25, -0.2) is 9.37 Å². The molecule has 0 bridgehead atoms. The number of carbonyl (C=O) groups excluding carboxylic acids is 1. The highest BCUT2D eigenvalue weighted by Crippen LogP contribution is 2.45. The molecule has 0 atom stereocenters. The Balaban J connectivity index is 2.37. The van der Waals surface area contributed by atoms with Crippen LogP contribution in [-0.2, 0) is 0 Å². The number of halogens is 4. The number of nitrogens with zero attached hydrogens (tertiary/aromatic N) is 1. The van der Waals surface area contributed by atoms with Crippen molar-refractivity contribution < 1.29 is 13.9 Å². The standard InChI is InChI=1S/C19H11BrCl2FNO2/c1-26-19-13(9-25)11(6-7-24-19)16-17(20)15(23)8-12(18(16)22)10-4-2-3-5-14(10)21/h2-9H,1H3. The minimum absolute atomic E-state index is 0.129. The molecule has 0 saturated heterocycles. The minimum atomic E-state index is -0.535. The Morgan fingerprint density at radius 3 is 2.54 bits per heavy atom. The molecule has 0 fully saturated rings. The van der Waals surface area contributed by atoms with Crippen LogP contribution >= 0.6 is 39.1 Å². The predicted octanol–water partition coefficient (Wildman–Crippen LogP) is 6.45. The zero-order valence-corrected chi connectivity index (χ0v) is 16.5. The second-order valence-corrected chi connectivity index (χ2v) is 6.87. The molecule has 26 heavy (non-hydrogen) atoms. The normalized spacial score (nSPS) is 10.7. The van der Waals surface area contributed by atoms with Gasteiger partial charge in [-0.15, -0.1) is 0 Å². The summed E-state index contributed by atoms with van der Waals surface area (Å²) in [6, 6.07) is 9.87. The van der Waals surface area contributed by atoms with E-state index in [1.165, 1.54) is 19.4 Å². The van der Waals surface area contributed by atoms with Gasteiger partial charge in [0.05, 0.1) is 22.2 Å². The quantitative estimate of drug-likeness (QED) is 0.336. The van der Waals surface area contributed by atoms with Crippen LogP contribution in [0, 0.1) is 5.82 Å². The van der Waals surface area contributed by atoms with Crippen LogP contribution in [0.15, 0.2) is 47.1 Å².